The van der Waals surface area contributed by atoms with E-state index < -0.39 is 6.10 Å². The van der Waals surface area contributed by atoms with Crippen LogP contribution in [0.25, 0.3) is 0 Å². The van der Waals surface area contributed by atoms with Crippen molar-refractivity contribution in [2.75, 3.05) is 20.8 Å². The molecule has 2 aromatic rings. The molecule has 0 aliphatic heterocycles. The van der Waals surface area contributed by atoms with Crippen LogP contribution in [0.5, 0.6) is 17.2 Å². The number of benzene rings is 2. The molecule has 0 aromatic heterocycles. The van der Waals surface area contributed by atoms with Gasteiger partial charge < -0.3 is 19.5 Å². The smallest absolute Gasteiger partial charge is 0.260 e. The molecular weight excluding hydrogens is 410 g/mol. The number of methoxy groups -OCH3 is 2. The number of amides is 1. The molecule has 1 unspecified atom stereocenters. The van der Waals surface area contributed by atoms with Gasteiger partial charge in [0, 0.05) is 11.0 Å². The quantitative estimate of drug-likeness (QED) is 0.674. The molecule has 0 radical (unpaired) electrons. The summed E-state index contributed by atoms with van der Waals surface area (Å²) in [4.78, 5) is 12.3. The van der Waals surface area contributed by atoms with Gasteiger partial charge in [-0.2, -0.15) is 0 Å². The second-order valence-corrected chi connectivity index (χ2v) is 7.15. The van der Waals surface area contributed by atoms with Crippen LogP contribution in [0, 0.1) is 13.8 Å². The molecule has 27 heavy (non-hydrogen) atoms. The van der Waals surface area contributed by atoms with Crippen molar-refractivity contribution < 1.29 is 19.0 Å². The summed E-state index contributed by atoms with van der Waals surface area (Å²) in [7, 11) is 3.20. The summed E-state index contributed by atoms with van der Waals surface area (Å²) in [6.45, 7) is 6.26. The second-order valence-electron chi connectivity index (χ2n) is 6.30. The zero-order valence-corrected chi connectivity index (χ0v) is 18.0. The van der Waals surface area contributed by atoms with Gasteiger partial charge in [0.1, 0.15) is 5.75 Å². The number of halogens is 1. The van der Waals surface area contributed by atoms with Crippen molar-refractivity contribution in [2.45, 2.75) is 33.3 Å². The van der Waals surface area contributed by atoms with E-state index in [2.05, 4.69) is 21.2 Å². The average molecular weight is 436 g/mol. The molecule has 1 atom stereocenters. The fourth-order valence-corrected chi connectivity index (χ4v) is 3.17. The summed E-state index contributed by atoms with van der Waals surface area (Å²) in [5, 5.41) is 2.92. The maximum absolute atomic E-state index is 12.3. The molecule has 5 nitrogen and oxygen atoms in total. The monoisotopic (exact) mass is 435 g/mol. The Bertz CT molecular complexity index is 807. The standard InChI is InChI=1S/C21H26BrNO4/c1-13-7-6-8-18(14(13)2)27-15(3)21(24)23-10-9-16-11-19(25-4)20(26-5)12-17(16)22/h6-8,11-12,15H,9-10H2,1-5H3,(H,23,24). The SMILES string of the molecule is COc1cc(Br)c(CCNC(=O)C(C)Oc2cccc(C)c2C)cc1OC. The molecule has 0 fully saturated rings. The van der Waals surface area contributed by atoms with Crippen LogP contribution in [0.1, 0.15) is 23.6 Å². The summed E-state index contributed by atoms with van der Waals surface area (Å²) in [6.07, 6.45) is 0.0856. The van der Waals surface area contributed by atoms with E-state index in [4.69, 9.17) is 14.2 Å². The summed E-state index contributed by atoms with van der Waals surface area (Å²) in [5.41, 5.74) is 3.21. The lowest BCUT2D eigenvalue weighted by Crippen LogP contribution is -2.37. The predicted molar refractivity (Wildman–Crippen MR) is 110 cm³/mol. The van der Waals surface area contributed by atoms with Crippen LogP contribution in [0.3, 0.4) is 0 Å². The highest BCUT2D eigenvalue weighted by Gasteiger charge is 2.16. The van der Waals surface area contributed by atoms with Crippen molar-refractivity contribution in [1.82, 2.24) is 5.32 Å². The van der Waals surface area contributed by atoms with E-state index in [1.54, 1.807) is 21.1 Å². The molecule has 0 saturated heterocycles. The first-order valence-corrected chi connectivity index (χ1v) is 9.57. The van der Waals surface area contributed by atoms with Gasteiger partial charge >= 0.3 is 0 Å². The fraction of sp³-hybridized carbons (Fsp3) is 0.381. The molecule has 0 bridgehead atoms. The molecule has 0 heterocycles. The van der Waals surface area contributed by atoms with Crippen molar-refractivity contribution in [3.8, 4) is 17.2 Å². The molecule has 2 rings (SSSR count). The Kier molecular flexibility index (Phi) is 7.54. The zero-order chi connectivity index (χ0) is 20.0. The number of carbonyl (C=O) groups is 1. The number of ether oxygens (including phenoxy) is 3. The summed E-state index contributed by atoms with van der Waals surface area (Å²) < 4.78 is 17.3. The van der Waals surface area contributed by atoms with E-state index >= 15 is 0 Å². The number of nitrogens with one attached hydrogen (secondary N) is 1. The molecule has 6 heteroatoms. The van der Waals surface area contributed by atoms with Crippen molar-refractivity contribution in [2.24, 2.45) is 0 Å². The lowest BCUT2D eigenvalue weighted by atomic mass is 10.1. The van der Waals surface area contributed by atoms with Crippen LogP contribution < -0.4 is 19.5 Å². The number of aryl methyl sites for hydroxylation is 1. The van der Waals surface area contributed by atoms with Crippen LogP contribution in [0.2, 0.25) is 0 Å². The number of hydrogen-bond acceptors (Lipinski definition) is 4. The largest absolute Gasteiger partial charge is 0.493 e. The van der Waals surface area contributed by atoms with Crippen molar-refractivity contribution in [3.05, 3.63) is 51.5 Å². The Balaban J connectivity index is 1.93. The molecule has 146 valence electrons. The number of carbonyl (C=O) groups excluding carboxylic acids is 1. The van der Waals surface area contributed by atoms with Gasteiger partial charge in [-0.1, -0.05) is 28.1 Å². The van der Waals surface area contributed by atoms with E-state index in [-0.39, 0.29) is 5.91 Å². The molecule has 1 N–H and O–H groups in total. The predicted octanol–water partition coefficient (Wildman–Crippen LogP) is 4.21. The highest BCUT2D eigenvalue weighted by molar-refractivity contribution is 9.10. The first kappa shape index (κ1) is 21.1. The molecule has 0 saturated carbocycles. The van der Waals surface area contributed by atoms with Crippen LogP contribution in [-0.2, 0) is 11.2 Å². The number of hydrogen-bond donors (Lipinski definition) is 1. The summed E-state index contributed by atoms with van der Waals surface area (Å²) >= 11 is 3.53. The Morgan fingerprint density at radius 2 is 1.78 bits per heavy atom. The fourth-order valence-electron chi connectivity index (χ4n) is 2.65. The number of rotatable bonds is 8. The Labute approximate surface area is 169 Å². The van der Waals surface area contributed by atoms with Crippen LogP contribution in [0.15, 0.2) is 34.8 Å². The Morgan fingerprint density at radius 1 is 1.11 bits per heavy atom. The van der Waals surface area contributed by atoms with Gasteiger partial charge in [0.05, 0.1) is 14.2 Å². The second kappa shape index (κ2) is 9.65. The van der Waals surface area contributed by atoms with Crippen LogP contribution in [-0.4, -0.2) is 32.8 Å². The van der Waals surface area contributed by atoms with E-state index in [9.17, 15) is 4.79 Å². The van der Waals surface area contributed by atoms with E-state index in [1.165, 1.54) is 0 Å². The van der Waals surface area contributed by atoms with E-state index in [0.29, 0.717) is 24.5 Å². The zero-order valence-electron chi connectivity index (χ0n) is 16.4. The lowest BCUT2D eigenvalue weighted by Gasteiger charge is -2.17. The first-order chi connectivity index (χ1) is 12.9. The minimum absolute atomic E-state index is 0.146. The average Bonchev–Trinajstić information content (AvgIpc) is 2.66. The van der Waals surface area contributed by atoms with Crippen molar-refractivity contribution in [1.29, 1.82) is 0 Å². The third-order valence-electron chi connectivity index (χ3n) is 4.47. The Hall–Kier alpha value is -2.21. The summed E-state index contributed by atoms with van der Waals surface area (Å²) in [5.74, 6) is 1.91. The maximum Gasteiger partial charge on any atom is 0.260 e. The molecule has 0 aliphatic rings. The van der Waals surface area contributed by atoms with Crippen LogP contribution in [0.4, 0.5) is 0 Å². The van der Waals surface area contributed by atoms with E-state index in [1.807, 2.05) is 44.2 Å². The molecule has 0 aliphatic carbocycles. The molecule has 2 aromatic carbocycles. The van der Waals surface area contributed by atoms with Crippen molar-refractivity contribution >= 4 is 21.8 Å². The van der Waals surface area contributed by atoms with Crippen molar-refractivity contribution in [3.63, 3.8) is 0 Å². The van der Waals surface area contributed by atoms with Crippen LogP contribution >= 0.6 is 15.9 Å². The summed E-state index contributed by atoms with van der Waals surface area (Å²) in [6, 6.07) is 9.60. The van der Waals surface area contributed by atoms with Gasteiger partial charge in [0.2, 0.25) is 0 Å². The molecule has 1 amide bonds. The van der Waals surface area contributed by atoms with Gasteiger partial charge in [-0.25, -0.2) is 0 Å². The van der Waals surface area contributed by atoms with Gasteiger partial charge in [-0.15, -0.1) is 0 Å². The maximum atomic E-state index is 12.3. The highest BCUT2D eigenvalue weighted by atomic mass is 79.9. The topological polar surface area (TPSA) is 56.8 Å². The molecule has 0 spiro atoms. The van der Waals surface area contributed by atoms with Gasteiger partial charge in [0.25, 0.3) is 5.91 Å². The molecular formula is C21H26BrNO4. The lowest BCUT2D eigenvalue weighted by molar-refractivity contribution is -0.127. The minimum atomic E-state index is -0.570. The van der Waals surface area contributed by atoms with Gasteiger partial charge in [-0.3, -0.25) is 4.79 Å². The van der Waals surface area contributed by atoms with Gasteiger partial charge in [-0.05, 0) is 62.1 Å². The normalized spacial score (nSPS) is 11.6. The first-order valence-electron chi connectivity index (χ1n) is 8.78. The highest BCUT2D eigenvalue weighted by Crippen LogP contribution is 2.33. The van der Waals surface area contributed by atoms with E-state index in [0.717, 1.165) is 26.9 Å². The minimum Gasteiger partial charge on any atom is -0.493 e. The Morgan fingerprint density at radius 3 is 2.44 bits per heavy atom. The van der Waals surface area contributed by atoms with Gasteiger partial charge in [0.15, 0.2) is 17.6 Å². The third kappa shape index (κ3) is 5.39. The third-order valence-corrected chi connectivity index (χ3v) is 5.21.